The van der Waals surface area contributed by atoms with Gasteiger partial charge in [0, 0.05) is 12.1 Å². The molecule has 0 saturated carbocycles. The van der Waals surface area contributed by atoms with Crippen molar-refractivity contribution in [3.8, 4) is 5.75 Å². The van der Waals surface area contributed by atoms with Crippen molar-refractivity contribution in [3.05, 3.63) is 65.7 Å². The van der Waals surface area contributed by atoms with Crippen LogP contribution in [0.15, 0.2) is 54.6 Å². The molecule has 4 nitrogen and oxygen atoms in total. The van der Waals surface area contributed by atoms with Crippen LogP contribution >= 0.6 is 0 Å². The van der Waals surface area contributed by atoms with Gasteiger partial charge in [0.25, 0.3) is 0 Å². The number of hydrogen-bond acceptors (Lipinski definition) is 3. The second kappa shape index (κ2) is 8.67. The second-order valence-corrected chi connectivity index (χ2v) is 6.46. The number of likely N-dealkylation sites (tertiary alicyclic amines) is 1. The first-order valence-corrected chi connectivity index (χ1v) is 8.95. The number of amides is 1. The Morgan fingerprint density at radius 1 is 1.08 bits per heavy atom. The molecule has 132 valence electrons. The lowest BCUT2D eigenvalue weighted by molar-refractivity contribution is -0.120. The highest BCUT2D eigenvalue weighted by Crippen LogP contribution is 2.24. The minimum atomic E-state index is 0.0321. The molecule has 2 aromatic rings. The van der Waals surface area contributed by atoms with Crippen LogP contribution in [0.1, 0.15) is 30.0 Å². The maximum atomic E-state index is 12.4. The Hall–Kier alpha value is -2.33. The maximum absolute atomic E-state index is 12.4. The number of ether oxygens (including phenoxy) is 1. The predicted octanol–water partition coefficient (Wildman–Crippen LogP) is 3.19. The highest BCUT2D eigenvalue weighted by molar-refractivity contribution is 5.79. The molecule has 1 saturated heterocycles. The first-order valence-electron chi connectivity index (χ1n) is 8.95. The topological polar surface area (TPSA) is 41.6 Å². The number of rotatable bonds is 7. The highest BCUT2D eigenvalue weighted by atomic mass is 16.5. The van der Waals surface area contributed by atoms with Gasteiger partial charge in [0.2, 0.25) is 5.91 Å². The molecule has 1 aliphatic rings. The van der Waals surface area contributed by atoms with E-state index in [2.05, 4.69) is 34.5 Å². The summed E-state index contributed by atoms with van der Waals surface area (Å²) in [6.07, 6.45) is 2.81. The lowest BCUT2D eigenvalue weighted by Gasteiger charge is -2.28. The van der Waals surface area contributed by atoms with Gasteiger partial charge in [0.1, 0.15) is 5.75 Å². The summed E-state index contributed by atoms with van der Waals surface area (Å²) in [5.41, 5.74) is 2.18. The Kier molecular flexibility index (Phi) is 6.07. The fraction of sp³-hybridized carbons (Fsp3) is 0.381. The SMILES string of the molecule is COc1ccccc1CC(=O)NCC(c1ccccc1)N1CCCC1. The lowest BCUT2D eigenvalue weighted by Crippen LogP contribution is -2.37. The molecule has 0 aliphatic carbocycles. The first kappa shape index (κ1) is 17.5. The van der Waals surface area contributed by atoms with Gasteiger partial charge in [-0.25, -0.2) is 0 Å². The number of nitrogens with zero attached hydrogens (tertiary/aromatic N) is 1. The molecule has 0 radical (unpaired) electrons. The molecule has 1 N–H and O–H groups in total. The van der Waals surface area contributed by atoms with Crippen LogP contribution in [0, 0.1) is 0 Å². The zero-order valence-electron chi connectivity index (χ0n) is 14.8. The van der Waals surface area contributed by atoms with Crippen molar-refractivity contribution in [2.45, 2.75) is 25.3 Å². The van der Waals surface area contributed by atoms with Crippen LogP contribution in [0.2, 0.25) is 0 Å². The number of carbonyl (C=O) groups excluding carboxylic acids is 1. The van der Waals surface area contributed by atoms with Crippen molar-refractivity contribution >= 4 is 5.91 Å². The second-order valence-electron chi connectivity index (χ2n) is 6.46. The normalized spacial score (nSPS) is 15.7. The minimum Gasteiger partial charge on any atom is -0.496 e. The largest absolute Gasteiger partial charge is 0.496 e. The van der Waals surface area contributed by atoms with E-state index in [1.54, 1.807) is 7.11 Å². The Morgan fingerprint density at radius 3 is 2.48 bits per heavy atom. The molecule has 1 heterocycles. The summed E-state index contributed by atoms with van der Waals surface area (Å²) in [7, 11) is 1.63. The Labute approximate surface area is 149 Å². The molecule has 1 atom stereocenters. The van der Waals surface area contributed by atoms with Crippen LogP contribution in [0.25, 0.3) is 0 Å². The monoisotopic (exact) mass is 338 g/mol. The van der Waals surface area contributed by atoms with Crippen LogP contribution < -0.4 is 10.1 Å². The van der Waals surface area contributed by atoms with Gasteiger partial charge >= 0.3 is 0 Å². The number of benzene rings is 2. The first-order chi connectivity index (χ1) is 12.3. The molecular formula is C21H26N2O2. The Bertz CT molecular complexity index is 681. The van der Waals surface area contributed by atoms with Crippen LogP contribution in [0.5, 0.6) is 5.75 Å². The molecule has 0 bridgehead atoms. The van der Waals surface area contributed by atoms with E-state index in [-0.39, 0.29) is 11.9 Å². The van der Waals surface area contributed by atoms with E-state index in [0.29, 0.717) is 13.0 Å². The average Bonchev–Trinajstić information content (AvgIpc) is 3.18. The van der Waals surface area contributed by atoms with Crippen molar-refractivity contribution in [3.63, 3.8) is 0 Å². The zero-order valence-corrected chi connectivity index (χ0v) is 14.8. The fourth-order valence-electron chi connectivity index (χ4n) is 3.48. The molecule has 4 heteroatoms. The summed E-state index contributed by atoms with van der Waals surface area (Å²) in [6, 6.07) is 18.4. The molecule has 25 heavy (non-hydrogen) atoms. The molecule has 2 aromatic carbocycles. The van der Waals surface area contributed by atoms with Crippen LogP contribution in [0.4, 0.5) is 0 Å². The van der Waals surface area contributed by atoms with Gasteiger partial charge in [-0.3, -0.25) is 9.69 Å². The van der Waals surface area contributed by atoms with Crippen LogP contribution in [-0.4, -0.2) is 37.6 Å². The quantitative estimate of drug-likeness (QED) is 0.843. The van der Waals surface area contributed by atoms with Crippen molar-refractivity contribution in [2.75, 3.05) is 26.7 Å². The maximum Gasteiger partial charge on any atom is 0.224 e. The number of carbonyl (C=O) groups is 1. The zero-order chi connectivity index (χ0) is 17.5. The van der Waals surface area contributed by atoms with Crippen LogP contribution in [0.3, 0.4) is 0 Å². The van der Waals surface area contributed by atoms with Crippen LogP contribution in [-0.2, 0) is 11.2 Å². The van der Waals surface area contributed by atoms with E-state index in [1.807, 2.05) is 30.3 Å². The Balaban J connectivity index is 1.63. The molecule has 3 rings (SSSR count). The highest BCUT2D eigenvalue weighted by Gasteiger charge is 2.23. The number of methoxy groups -OCH3 is 1. The van der Waals surface area contributed by atoms with E-state index in [1.165, 1.54) is 18.4 Å². The summed E-state index contributed by atoms with van der Waals surface area (Å²) in [4.78, 5) is 14.9. The van der Waals surface area contributed by atoms with Gasteiger partial charge in [-0.15, -0.1) is 0 Å². The van der Waals surface area contributed by atoms with Crippen molar-refractivity contribution in [1.82, 2.24) is 10.2 Å². The standard InChI is InChI=1S/C21H26N2O2/c1-25-20-12-6-5-11-18(20)15-21(24)22-16-19(23-13-7-8-14-23)17-9-3-2-4-10-17/h2-6,9-12,19H,7-8,13-16H2,1H3,(H,22,24). The van der Waals surface area contributed by atoms with E-state index in [0.717, 1.165) is 24.4 Å². The number of para-hydroxylation sites is 1. The third-order valence-electron chi connectivity index (χ3n) is 4.80. The smallest absolute Gasteiger partial charge is 0.224 e. The van der Waals surface area contributed by atoms with Gasteiger partial charge < -0.3 is 10.1 Å². The molecule has 1 fully saturated rings. The molecular weight excluding hydrogens is 312 g/mol. The lowest BCUT2D eigenvalue weighted by atomic mass is 10.1. The van der Waals surface area contributed by atoms with E-state index >= 15 is 0 Å². The van der Waals surface area contributed by atoms with Crippen molar-refractivity contribution in [1.29, 1.82) is 0 Å². The Morgan fingerprint density at radius 2 is 1.76 bits per heavy atom. The predicted molar refractivity (Wildman–Crippen MR) is 99.7 cm³/mol. The summed E-state index contributed by atoms with van der Waals surface area (Å²) < 4.78 is 5.33. The summed E-state index contributed by atoms with van der Waals surface area (Å²) in [5.74, 6) is 0.793. The number of nitrogens with one attached hydrogen (secondary N) is 1. The fourth-order valence-corrected chi connectivity index (χ4v) is 3.48. The summed E-state index contributed by atoms with van der Waals surface area (Å²) in [6.45, 7) is 2.84. The van der Waals surface area contributed by atoms with Gasteiger partial charge in [-0.2, -0.15) is 0 Å². The van der Waals surface area contributed by atoms with Crippen molar-refractivity contribution in [2.24, 2.45) is 0 Å². The van der Waals surface area contributed by atoms with Crippen molar-refractivity contribution < 1.29 is 9.53 Å². The minimum absolute atomic E-state index is 0.0321. The molecule has 1 unspecified atom stereocenters. The summed E-state index contributed by atoms with van der Waals surface area (Å²) >= 11 is 0. The molecule has 0 aromatic heterocycles. The van der Waals surface area contributed by atoms with E-state index in [9.17, 15) is 4.79 Å². The average molecular weight is 338 g/mol. The van der Waals surface area contributed by atoms with Gasteiger partial charge in [-0.05, 0) is 37.6 Å². The van der Waals surface area contributed by atoms with E-state index < -0.39 is 0 Å². The molecule has 1 amide bonds. The van der Waals surface area contributed by atoms with Gasteiger partial charge in [0.05, 0.1) is 19.6 Å². The van der Waals surface area contributed by atoms with Gasteiger partial charge in [0.15, 0.2) is 0 Å². The molecule has 1 aliphatic heterocycles. The number of hydrogen-bond donors (Lipinski definition) is 1. The van der Waals surface area contributed by atoms with Gasteiger partial charge in [-0.1, -0.05) is 48.5 Å². The third-order valence-corrected chi connectivity index (χ3v) is 4.80. The third kappa shape index (κ3) is 4.60. The molecule has 0 spiro atoms. The van der Waals surface area contributed by atoms with E-state index in [4.69, 9.17) is 4.74 Å². The summed E-state index contributed by atoms with van der Waals surface area (Å²) in [5, 5.41) is 3.12.